The second kappa shape index (κ2) is 11.5. The summed E-state index contributed by atoms with van der Waals surface area (Å²) in [6.45, 7) is 12.1. The average molecular weight is 895 g/mol. The first kappa shape index (κ1) is 34.1. The standard InChI is InChI=1S/C48H39N6.Pt/c1-46(2)37-29-50(6)26-25-39(37)52-30-51-43-27-31(53-41-21-13-14-22-42(41)54-40-20-12-11-19-38(40)49-45(53)54)23-24-36(43)34-17-8-7-15-32(34)33-16-9-10-18-35(33)44(51)28-48(52,5)47(46,3)4;/h7-20,22-24,26,29H,28H2,1-6H3;/q-1;+4/b33-32-,36-34-,44-35-,51-43-;. The van der Waals surface area contributed by atoms with Crippen LogP contribution in [0.5, 0.6) is 0 Å². The fourth-order valence-corrected chi connectivity index (χ4v) is 9.57. The zero-order valence-corrected chi connectivity index (χ0v) is 33.9. The Balaban J connectivity index is 0.00000372. The van der Waals surface area contributed by atoms with Crippen LogP contribution in [-0.4, -0.2) is 30.4 Å². The molecule has 3 aliphatic rings. The zero-order chi connectivity index (χ0) is 36.7. The van der Waals surface area contributed by atoms with E-state index in [4.69, 9.17) is 4.98 Å². The van der Waals surface area contributed by atoms with Crippen molar-refractivity contribution in [1.29, 1.82) is 0 Å². The molecule has 1 atom stereocenters. The van der Waals surface area contributed by atoms with E-state index in [2.05, 4.69) is 180 Å². The van der Waals surface area contributed by atoms with Crippen LogP contribution in [0.15, 0.2) is 116 Å². The summed E-state index contributed by atoms with van der Waals surface area (Å²) in [5, 5.41) is 6.87. The molecule has 0 bridgehead atoms. The molecule has 268 valence electrons. The summed E-state index contributed by atoms with van der Waals surface area (Å²) in [5.74, 6) is 0.834. The molecular formula is C48H39N6Pt+3. The second-order valence-corrected chi connectivity index (χ2v) is 16.4. The Labute approximate surface area is 333 Å². The van der Waals surface area contributed by atoms with Gasteiger partial charge in [-0.15, -0.1) is 23.8 Å². The van der Waals surface area contributed by atoms with E-state index in [1.807, 2.05) is 24.4 Å². The molecule has 0 N–H and O–H groups in total. The van der Waals surface area contributed by atoms with Crippen LogP contribution < -0.4 is 19.7 Å². The molecule has 0 fully saturated rings. The van der Waals surface area contributed by atoms with Crippen molar-refractivity contribution < 1.29 is 30.2 Å². The fourth-order valence-electron chi connectivity index (χ4n) is 9.57. The number of benzene rings is 5. The van der Waals surface area contributed by atoms with Crippen LogP contribution in [0.25, 0.3) is 39.2 Å². The zero-order valence-electron chi connectivity index (χ0n) is 31.7. The number of hydrogen-bond acceptors (Lipinski definition) is 1. The smallest absolute Gasteiger partial charge is 0.332 e. The van der Waals surface area contributed by atoms with E-state index < -0.39 is 0 Å². The summed E-state index contributed by atoms with van der Waals surface area (Å²) >= 11 is 0. The SMILES string of the molecule is C[n+]1c[c-]c2c(c1)C(C)(C)C(C)(C)C1(C)CC3=c4\cccc\c4=c4/cccc/c4=c4\ccc(-n5c6[c-]cccc6n6c7ccccc7nc56)[c-]\c4=[N+]\3[C-]=[N+]21.[Pt+4]. The average Bonchev–Trinajstić information content (AvgIpc) is 3.71. The van der Waals surface area contributed by atoms with Gasteiger partial charge in [-0.3, -0.25) is 0 Å². The summed E-state index contributed by atoms with van der Waals surface area (Å²) in [5.41, 5.74) is 7.83. The molecule has 11 rings (SSSR count). The summed E-state index contributed by atoms with van der Waals surface area (Å²) in [7, 11) is 2.09. The van der Waals surface area contributed by atoms with Crippen molar-refractivity contribution >= 4 is 45.6 Å². The van der Waals surface area contributed by atoms with Gasteiger partial charge in [-0.1, -0.05) is 110 Å². The molecule has 3 aromatic heterocycles. The Morgan fingerprint density at radius 1 is 0.727 bits per heavy atom. The Morgan fingerprint density at radius 3 is 2.18 bits per heavy atom. The Kier molecular flexibility index (Phi) is 7.14. The molecule has 0 spiro atoms. The molecule has 55 heavy (non-hydrogen) atoms. The van der Waals surface area contributed by atoms with Crippen molar-refractivity contribution in [1.82, 2.24) is 18.5 Å². The third kappa shape index (κ3) is 4.35. The van der Waals surface area contributed by atoms with Crippen LogP contribution in [0.3, 0.4) is 0 Å². The van der Waals surface area contributed by atoms with Gasteiger partial charge in [0.2, 0.25) is 5.78 Å². The number of pyridine rings is 1. The van der Waals surface area contributed by atoms with E-state index in [9.17, 15) is 0 Å². The molecule has 3 aliphatic heterocycles. The number of nitrogens with zero attached hydrogens (tertiary/aromatic N) is 6. The molecule has 0 saturated heterocycles. The number of fused-ring (bicyclic) bond motifs is 12. The Hall–Kier alpha value is -5.45. The largest absolute Gasteiger partial charge is 4.00 e. The quantitative estimate of drug-likeness (QED) is 0.136. The van der Waals surface area contributed by atoms with Gasteiger partial charge in [-0.05, 0) is 46.2 Å². The third-order valence-corrected chi connectivity index (χ3v) is 13.4. The third-order valence-electron chi connectivity index (χ3n) is 13.4. The van der Waals surface area contributed by atoms with Gasteiger partial charge in [0, 0.05) is 16.0 Å². The first-order valence-corrected chi connectivity index (χ1v) is 18.8. The van der Waals surface area contributed by atoms with Crippen molar-refractivity contribution in [2.75, 3.05) is 0 Å². The van der Waals surface area contributed by atoms with E-state index >= 15 is 0 Å². The van der Waals surface area contributed by atoms with Crippen LogP contribution >= 0.6 is 0 Å². The van der Waals surface area contributed by atoms with Crippen molar-refractivity contribution in [2.24, 2.45) is 12.5 Å². The van der Waals surface area contributed by atoms with Crippen LogP contribution in [0.1, 0.15) is 46.6 Å². The molecule has 6 heterocycles. The van der Waals surface area contributed by atoms with Crippen LogP contribution in [0.2, 0.25) is 0 Å². The fraction of sp³-hybridized carbons (Fsp3) is 0.208. The van der Waals surface area contributed by atoms with Crippen LogP contribution in [-0.2, 0) is 33.5 Å². The molecule has 5 aromatic carbocycles. The van der Waals surface area contributed by atoms with Gasteiger partial charge in [0.1, 0.15) is 12.7 Å². The van der Waals surface area contributed by atoms with E-state index in [0.29, 0.717) is 0 Å². The van der Waals surface area contributed by atoms with Gasteiger partial charge in [-0.25, -0.2) is 18.7 Å². The maximum absolute atomic E-state index is 5.18. The Morgan fingerprint density at radius 2 is 1.40 bits per heavy atom. The first-order valence-electron chi connectivity index (χ1n) is 18.8. The van der Waals surface area contributed by atoms with Crippen LogP contribution in [0, 0.1) is 44.5 Å². The van der Waals surface area contributed by atoms with Gasteiger partial charge in [-0.2, -0.15) is 30.3 Å². The summed E-state index contributed by atoms with van der Waals surface area (Å²) in [6, 6.07) is 47.9. The summed E-state index contributed by atoms with van der Waals surface area (Å²) in [4.78, 5) is 5.18. The summed E-state index contributed by atoms with van der Waals surface area (Å²) in [6.07, 6.45) is 9.16. The van der Waals surface area contributed by atoms with Crippen molar-refractivity contribution in [3.63, 3.8) is 0 Å². The second-order valence-electron chi connectivity index (χ2n) is 16.4. The number of rotatable bonds is 1. The van der Waals surface area contributed by atoms with E-state index in [1.165, 1.54) is 26.9 Å². The molecule has 7 heteroatoms. The normalized spacial score (nSPS) is 22.2. The monoisotopic (exact) mass is 894 g/mol. The maximum atomic E-state index is 5.18. The molecule has 0 aliphatic carbocycles. The van der Waals surface area contributed by atoms with Gasteiger partial charge < -0.3 is 8.97 Å². The van der Waals surface area contributed by atoms with E-state index in [-0.39, 0.29) is 37.4 Å². The van der Waals surface area contributed by atoms with Crippen molar-refractivity contribution in [3.05, 3.63) is 171 Å². The Bertz CT molecular complexity index is 3350. The summed E-state index contributed by atoms with van der Waals surface area (Å²) < 4.78 is 11.3. The molecule has 0 radical (unpaired) electrons. The molecule has 1 unspecified atom stereocenters. The molecule has 0 amide bonds. The predicted octanol–water partition coefficient (Wildman–Crippen LogP) is 6.57. The number of hydrogen-bond donors (Lipinski definition) is 0. The number of aromatic nitrogens is 4. The van der Waals surface area contributed by atoms with Crippen LogP contribution in [0.4, 0.5) is 5.69 Å². The van der Waals surface area contributed by atoms with Gasteiger partial charge in [0.25, 0.3) is 0 Å². The number of imidazole rings is 2. The maximum Gasteiger partial charge on any atom is 4.00 e. The van der Waals surface area contributed by atoms with Gasteiger partial charge >= 0.3 is 27.4 Å². The van der Waals surface area contributed by atoms with Crippen molar-refractivity contribution in [2.45, 2.75) is 52.0 Å². The van der Waals surface area contributed by atoms with Gasteiger partial charge in [0.15, 0.2) is 5.54 Å². The molecular weight excluding hydrogens is 856 g/mol. The minimum atomic E-state index is -0.330. The molecule has 8 aromatic rings. The number of para-hydroxylation sites is 3. The van der Waals surface area contributed by atoms with Crippen molar-refractivity contribution in [3.8, 4) is 5.69 Å². The van der Waals surface area contributed by atoms with Gasteiger partial charge in [0.05, 0.1) is 29.8 Å². The van der Waals surface area contributed by atoms with E-state index in [0.717, 1.165) is 61.4 Å². The first-order chi connectivity index (χ1) is 26.1. The minimum absolute atomic E-state index is 0. The topological polar surface area (TPSA) is 32.1 Å². The molecule has 0 saturated carbocycles. The minimum Gasteiger partial charge on any atom is -0.332 e. The predicted molar refractivity (Wildman–Crippen MR) is 211 cm³/mol. The molecule has 6 nitrogen and oxygen atoms in total. The van der Waals surface area contributed by atoms with E-state index in [1.54, 1.807) is 0 Å². The number of aryl methyl sites for hydroxylation is 1.